The van der Waals surface area contributed by atoms with Crippen LogP contribution in [0.5, 0.6) is 0 Å². The van der Waals surface area contributed by atoms with Crippen LogP contribution in [0.3, 0.4) is 0 Å². The third kappa shape index (κ3) is 2.25. The van der Waals surface area contributed by atoms with Gasteiger partial charge in [0.15, 0.2) is 0 Å². The molecule has 1 nitrogen and oxygen atoms in total. The summed E-state index contributed by atoms with van der Waals surface area (Å²) in [6.45, 7) is 0. The van der Waals surface area contributed by atoms with E-state index in [2.05, 4.69) is 5.92 Å². The van der Waals surface area contributed by atoms with E-state index in [-0.39, 0.29) is 6.04 Å². The third-order valence-corrected chi connectivity index (χ3v) is 3.07. The molecule has 1 rings (SSSR count). The largest absolute Gasteiger partial charge is 0.323 e. The molecule has 0 radical (unpaired) electrons. The standard InChI is InChI=1S/C9H10ClNS/c1-2-3-4-8(11)9-7(10)5-6-12-9/h1,5-6,8H,3-4,11H2. The van der Waals surface area contributed by atoms with E-state index < -0.39 is 0 Å². The minimum atomic E-state index is -0.00597. The first kappa shape index (κ1) is 9.60. The minimum Gasteiger partial charge on any atom is -0.323 e. The molecular weight excluding hydrogens is 190 g/mol. The van der Waals surface area contributed by atoms with Crippen LogP contribution in [0.25, 0.3) is 0 Å². The average molecular weight is 200 g/mol. The van der Waals surface area contributed by atoms with Gasteiger partial charge in [0.25, 0.3) is 0 Å². The molecule has 0 aliphatic rings. The molecule has 0 aliphatic heterocycles. The second-order valence-electron chi connectivity index (χ2n) is 2.48. The summed E-state index contributed by atoms with van der Waals surface area (Å²) in [5.74, 6) is 2.56. The summed E-state index contributed by atoms with van der Waals surface area (Å²) in [5, 5.41) is 2.69. The van der Waals surface area contributed by atoms with Crippen molar-refractivity contribution in [3.63, 3.8) is 0 Å². The van der Waals surface area contributed by atoms with Crippen molar-refractivity contribution in [2.24, 2.45) is 5.73 Å². The summed E-state index contributed by atoms with van der Waals surface area (Å²) in [5.41, 5.74) is 5.86. The Bertz CT molecular complexity index is 287. The molecule has 0 amide bonds. The fraction of sp³-hybridized carbons (Fsp3) is 0.333. The van der Waals surface area contributed by atoms with Crippen molar-refractivity contribution in [2.75, 3.05) is 0 Å². The normalized spacial score (nSPS) is 12.4. The predicted molar refractivity (Wildman–Crippen MR) is 54.3 cm³/mol. The van der Waals surface area contributed by atoms with Gasteiger partial charge in [-0.1, -0.05) is 11.6 Å². The molecule has 0 fully saturated rings. The Balaban J connectivity index is 2.60. The maximum Gasteiger partial charge on any atom is 0.0561 e. The molecule has 64 valence electrons. The fourth-order valence-electron chi connectivity index (χ4n) is 0.940. The predicted octanol–water partition coefficient (Wildman–Crippen LogP) is 2.81. The highest BCUT2D eigenvalue weighted by molar-refractivity contribution is 7.10. The lowest BCUT2D eigenvalue weighted by Crippen LogP contribution is -2.08. The molecule has 1 aromatic heterocycles. The van der Waals surface area contributed by atoms with Crippen LogP contribution in [0, 0.1) is 12.3 Å². The molecule has 1 unspecified atom stereocenters. The fourth-order valence-corrected chi connectivity index (χ4v) is 2.18. The summed E-state index contributed by atoms with van der Waals surface area (Å²) >= 11 is 7.47. The number of terminal acetylenes is 1. The molecule has 0 bridgehead atoms. The Morgan fingerprint density at radius 3 is 3.00 bits per heavy atom. The summed E-state index contributed by atoms with van der Waals surface area (Å²) in [4.78, 5) is 1.03. The second kappa shape index (κ2) is 4.51. The van der Waals surface area contributed by atoms with Gasteiger partial charge in [0.05, 0.1) is 5.02 Å². The molecule has 0 saturated carbocycles. The quantitative estimate of drug-likeness (QED) is 0.745. The zero-order chi connectivity index (χ0) is 8.97. The first-order valence-electron chi connectivity index (χ1n) is 3.67. The summed E-state index contributed by atoms with van der Waals surface area (Å²) in [7, 11) is 0. The van der Waals surface area contributed by atoms with Crippen LogP contribution in [0.4, 0.5) is 0 Å². The van der Waals surface area contributed by atoms with E-state index in [0.29, 0.717) is 6.42 Å². The van der Waals surface area contributed by atoms with Crippen molar-refractivity contribution < 1.29 is 0 Å². The van der Waals surface area contributed by atoms with Gasteiger partial charge in [-0.3, -0.25) is 0 Å². The molecule has 0 aromatic carbocycles. The molecule has 0 saturated heterocycles. The number of hydrogen-bond donors (Lipinski definition) is 1. The summed E-state index contributed by atoms with van der Waals surface area (Å²) in [6.07, 6.45) is 6.64. The SMILES string of the molecule is C#CCCC(N)c1sccc1Cl. The van der Waals surface area contributed by atoms with Gasteiger partial charge in [-0.25, -0.2) is 0 Å². The van der Waals surface area contributed by atoms with Crippen molar-refractivity contribution in [1.82, 2.24) is 0 Å². The second-order valence-corrected chi connectivity index (χ2v) is 3.84. The van der Waals surface area contributed by atoms with Crippen LogP contribution < -0.4 is 5.73 Å². The van der Waals surface area contributed by atoms with E-state index in [1.807, 2.05) is 11.4 Å². The zero-order valence-corrected chi connectivity index (χ0v) is 8.16. The Morgan fingerprint density at radius 2 is 2.50 bits per heavy atom. The van der Waals surface area contributed by atoms with Crippen molar-refractivity contribution >= 4 is 22.9 Å². The molecular formula is C9H10ClNS. The lowest BCUT2D eigenvalue weighted by Gasteiger charge is -2.07. The van der Waals surface area contributed by atoms with E-state index in [9.17, 15) is 0 Å². The molecule has 1 aromatic rings. The summed E-state index contributed by atoms with van der Waals surface area (Å²) < 4.78 is 0. The summed E-state index contributed by atoms with van der Waals surface area (Å²) in [6, 6.07) is 1.85. The molecule has 1 atom stereocenters. The molecule has 3 heteroatoms. The van der Waals surface area contributed by atoms with Crippen molar-refractivity contribution in [3.8, 4) is 12.3 Å². The van der Waals surface area contributed by atoms with E-state index >= 15 is 0 Å². The molecule has 12 heavy (non-hydrogen) atoms. The number of thiophene rings is 1. The van der Waals surface area contributed by atoms with Gasteiger partial charge in [0, 0.05) is 17.3 Å². The third-order valence-electron chi connectivity index (χ3n) is 1.58. The molecule has 1 heterocycles. The van der Waals surface area contributed by atoms with Crippen molar-refractivity contribution in [2.45, 2.75) is 18.9 Å². The van der Waals surface area contributed by atoms with Crippen LogP contribution in [-0.4, -0.2) is 0 Å². The average Bonchev–Trinajstić information content (AvgIpc) is 2.47. The van der Waals surface area contributed by atoms with Gasteiger partial charge < -0.3 is 5.73 Å². The first-order valence-corrected chi connectivity index (χ1v) is 4.93. The van der Waals surface area contributed by atoms with Gasteiger partial charge in [0.1, 0.15) is 0 Å². The highest BCUT2D eigenvalue weighted by Gasteiger charge is 2.10. The number of rotatable bonds is 3. The molecule has 2 N–H and O–H groups in total. The van der Waals surface area contributed by atoms with Crippen molar-refractivity contribution in [1.29, 1.82) is 0 Å². The Hall–Kier alpha value is -0.490. The van der Waals surface area contributed by atoms with Crippen LogP contribution in [0.15, 0.2) is 11.4 Å². The van der Waals surface area contributed by atoms with E-state index in [1.54, 1.807) is 11.3 Å². The van der Waals surface area contributed by atoms with Gasteiger partial charge in [-0.05, 0) is 17.9 Å². The maximum absolute atomic E-state index is 5.89. The van der Waals surface area contributed by atoms with Crippen molar-refractivity contribution in [3.05, 3.63) is 21.3 Å². The Labute approximate surface area is 81.5 Å². The van der Waals surface area contributed by atoms with Gasteiger partial charge in [-0.2, -0.15) is 0 Å². The maximum atomic E-state index is 5.89. The smallest absolute Gasteiger partial charge is 0.0561 e. The lowest BCUT2D eigenvalue weighted by atomic mass is 10.1. The zero-order valence-electron chi connectivity index (χ0n) is 6.59. The van der Waals surface area contributed by atoms with Crippen LogP contribution in [-0.2, 0) is 0 Å². The van der Waals surface area contributed by atoms with Gasteiger partial charge in [-0.15, -0.1) is 23.7 Å². The molecule has 0 aliphatic carbocycles. The van der Waals surface area contributed by atoms with Crippen LogP contribution in [0.1, 0.15) is 23.8 Å². The highest BCUT2D eigenvalue weighted by atomic mass is 35.5. The Kier molecular flexibility index (Phi) is 3.61. The first-order chi connectivity index (χ1) is 5.75. The molecule has 0 spiro atoms. The van der Waals surface area contributed by atoms with Gasteiger partial charge in [0.2, 0.25) is 0 Å². The highest BCUT2D eigenvalue weighted by Crippen LogP contribution is 2.29. The topological polar surface area (TPSA) is 26.0 Å². The van der Waals surface area contributed by atoms with Crippen LogP contribution >= 0.6 is 22.9 Å². The van der Waals surface area contributed by atoms with E-state index in [4.69, 9.17) is 23.8 Å². The van der Waals surface area contributed by atoms with Gasteiger partial charge >= 0.3 is 0 Å². The number of nitrogens with two attached hydrogens (primary N) is 1. The number of halogens is 1. The minimum absolute atomic E-state index is 0.00597. The lowest BCUT2D eigenvalue weighted by molar-refractivity contribution is 0.680. The van der Waals surface area contributed by atoms with E-state index in [1.165, 1.54) is 0 Å². The monoisotopic (exact) mass is 199 g/mol. The van der Waals surface area contributed by atoms with E-state index in [0.717, 1.165) is 16.3 Å². The van der Waals surface area contributed by atoms with Crippen LogP contribution in [0.2, 0.25) is 5.02 Å². The Morgan fingerprint density at radius 1 is 1.75 bits per heavy atom. The number of hydrogen-bond acceptors (Lipinski definition) is 2.